The Morgan fingerprint density at radius 3 is 2.58 bits per heavy atom. The monoisotopic (exact) mass is 327 g/mol. The molecule has 24 heavy (non-hydrogen) atoms. The van der Waals surface area contributed by atoms with Crippen molar-refractivity contribution in [2.75, 3.05) is 19.7 Å². The van der Waals surface area contributed by atoms with Gasteiger partial charge in [0.05, 0.1) is 0 Å². The van der Waals surface area contributed by atoms with E-state index in [1.54, 1.807) is 0 Å². The van der Waals surface area contributed by atoms with Crippen LogP contribution in [0.5, 0.6) is 5.75 Å². The lowest BCUT2D eigenvalue weighted by Crippen LogP contribution is -2.37. The molecule has 1 aliphatic heterocycles. The van der Waals surface area contributed by atoms with E-state index in [0.29, 0.717) is 12.3 Å². The summed E-state index contributed by atoms with van der Waals surface area (Å²) in [6, 6.07) is 16.0. The smallest absolute Gasteiger partial charge is 0.260 e. The zero-order valence-electron chi connectivity index (χ0n) is 13.7. The molecule has 4 heteroatoms. The van der Waals surface area contributed by atoms with E-state index < -0.39 is 0 Å². The molecule has 0 aliphatic carbocycles. The van der Waals surface area contributed by atoms with Gasteiger partial charge in [-0.2, -0.15) is 0 Å². The van der Waals surface area contributed by atoms with E-state index in [9.17, 15) is 9.18 Å². The predicted octanol–water partition coefficient (Wildman–Crippen LogP) is 4.00. The molecule has 0 N–H and O–H groups in total. The maximum atomic E-state index is 13.1. The molecule has 1 fully saturated rings. The zero-order valence-corrected chi connectivity index (χ0v) is 13.7. The van der Waals surface area contributed by atoms with Crippen LogP contribution in [0.3, 0.4) is 0 Å². The Hall–Kier alpha value is -2.36. The first-order valence-corrected chi connectivity index (χ1v) is 8.43. The Kier molecular flexibility index (Phi) is 5.47. The number of hydrogen-bond donors (Lipinski definition) is 0. The third-order valence-electron chi connectivity index (χ3n) is 4.47. The van der Waals surface area contributed by atoms with Crippen molar-refractivity contribution in [1.82, 2.24) is 4.90 Å². The number of carbonyl (C=O) groups excluding carboxylic acids is 1. The van der Waals surface area contributed by atoms with E-state index in [0.717, 1.165) is 31.4 Å². The molecule has 0 aromatic heterocycles. The number of ether oxygens (including phenoxy) is 1. The van der Waals surface area contributed by atoms with Gasteiger partial charge < -0.3 is 9.64 Å². The summed E-state index contributed by atoms with van der Waals surface area (Å²) in [6.07, 6.45) is 3.09. The first-order chi connectivity index (χ1) is 11.7. The second kappa shape index (κ2) is 7.95. The van der Waals surface area contributed by atoms with Crippen molar-refractivity contribution < 1.29 is 13.9 Å². The molecule has 1 aliphatic rings. The van der Waals surface area contributed by atoms with Crippen molar-refractivity contribution in [2.45, 2.75) is 25.2 Å². The average molecular weight is 327 g/mol. The van der Waals surface area contributed by atoms with Crippen molar-refractivity contribution in [1.29, 1.82) is 0 Å². The summed E-state index contributed by atoms with van der Waals surface area (Å²) >= 11 is 0. The fraction of sp³-hybridized carbons (Fsp3) is 0.350. The number of benzene rings is 2. The van der Waals surface area contributed by atoms with Crippen molar-refractivity contribution in [2.24, 2.45) is 0 Å². The third-order valence-corrected chi connectivity index (χ3v) is 4.47. The lowest BCUT2D eigenvalue weighted by atomic mass is 9.94. The summed E-state index contributed by atoms with van der Waals surface area (Å²) < 4.78 is 18.7. The normalized spacial score (nSPS) is 18.0. The van der Waals surface area contributed by atoms with Crippen LogP contribution in [0.4, 0.5) is 4.39 Å². The third kappa shape index (κ3) is 4.34. The summed E-state index contributed by atoms with van der Waals surface area (Å²) in [5.41, 5.74) is 1.10. The zero-order chi connectivity index (χ0) is 16.8. The van der Waals surface area contributed by atoms with Crippen molar-refractivity contribution >= 4 is 5.91 Å². The highest BCUT2D eigenvalue weighted by molar-refractivity contribution is 5.77. The van der Waals surface area contributed by atoms with Crippen molar-refractivity contribution in [3.05, 3.63) is 66.0 Å². The molecule has 0 spiro atoms. The molecule has 1 amide bonds. The molecule has 0 saturated carbocycles. The Morgan fingerprint density at radius 2 is 1.83 bits per heavy atom. The Bertz CT molecular complexity index is 657. The highest BCUT2D eigenvalue weighted by atomic mass is 19.1. The number of amides is 1. The maximum absolute atomic E-state index is 13.1. The number of likely N-dealkylation sites (tertiary alicyclic amines) is 1. The Balaban J connectivity index is 1.61. The second-order valence-electron chi connectivity index (χ2n) is 6.19. The molecule has 2 aromatic rings. The predicted molar refractivity (Wildman–Crippen MR) is 91.5 cm³/mol. The quantitative estimate of drug-likeness (QED) is 0.849. The van der Waals surface area contributed by atoms with E-state index in [2.05, 4.69) is 0 Å². The number of hydrogen-bond acceptors (Lipinski definition) is 2. The number of nitrogens with zero attached hydrogens (tertiary/aromatic N) is 1. The van der Waals surface area contributed by atoms with E-state index in [4.69, 9.17) is 4.74 Å². The molecule has 1 atom stereocenters. The maximum Gasteiger partial charge on any atom is 0.260 e. The molecular weight excluding hydrogens is 305 g/mol. The van der Waals surface area contributed by atoms with Crippen LogP contribution in [-0.4, -0.2) is 30.5 Å². The Morgan fingerprint density at radius 1 is 1.08 bits per heavy atom. The lowest BCUT2D eigenvalue weighted by molar-refractivity contribution is -0.133. The lowest BCUT2D eigenvalue weighted by Gasteiger charge is -2.25. The SMILES string of the molecule is O=C(COc1ccccc1)N1CCCCC(c2ccc(F)cc2)C1. The second-order valence-corrected chi connectivity index (χ2v) is 6.19. The summed E-state index contributed by atoms with van der Waals surface area (Å²) in [7, 11) is 0. The molecule has 2 aromatic carbocycles. The van der Waals surface area contributed by atoms with Gasteiger partial charge in [-0.05, 0) is 42.7 Å². The minimum absolute atomic E-state index is 0.00728. The number of carbonyl (C=O) groups is 1. The minimum atomic E-state index is -0.225. The molecule has 1 heterocycles. The summed E-state index contributed by atoms with van der Waals surface area (Å²) in [5, 5.41) is 0. The van der Waals surface area contributed by atoms with Crippen molar-refractivity contribution in [3.8, 4) is 5.75 Å². The van der Waals surface area contributed by atoms with E-state index in [1.807, 2.05) is 47.4 Å². The minimum Gasteiger partial charge on any atom is -0.484 e. The van der Waals surface area contributed by atoms with Crippen LogP contribution >= 0.6 is 0 Å². The number of para-hydroxylation sites is 1. The van der Waals surface area contributed by atoms with Crippen molar-refractivity contribution in [3.63, 3.8) is 0 Å². The van der Waals surface area contributed by atoms with Gasteiger partial charge in [0.15, 0.2) is 6.61 Å². The number of rotatable bonds is 4. The average Bonchev–Trinajstić information content (AvgIpc) is 2.87. The van der Waals surface area contributed by atoms with Crippen LogP contribution < -0.4 is 4.74 Å². The van der Waals surface area contributed by atoms with Crippen LogP contribution in [0.1, 0.15) is 30.7 Å². The molecule has 0 radical (unpaired) electrons. The van der Waals surface area contributed by atoms with Gasteiger partial charge >= 0.3 is 0 Å². The number of halogens is 1. The van der Waals surface area contributed by atoms with E-state index >= 15 is 0 Å². The molecule has 1 unspecified atom stereocenters. The summed E-state index contributed by atoms with van der Waals surface area (Å²) in [5.74, 6) is 0.744. The first-order valence-electron chi connectivity index (χ1n) is 8.43. The summed E-state index contributed by atoms with van der Waals surface area (Å²) in [4.78, 5) is 14.4. The Labute approximate surface area is 142 Å². The van der Waals surface area contributed by atoms with Crippen LogP contribution in [0, 0.1) is 5.82 Å². The molecule has 3 nitrogen and oxygen atoms in total. The van der Waals surface area contributed by atoms with Gasteiger partial charge in [-0.3, -0.25) is 4.79 Å². The highest BCUT2D eigenvalue weighted by Crippen LogP contribution is 2.26. The largest absolute Gasteiger partial charge is 0.484 e. The fourth-order valence-electron chi connectivity index (χ4n) is 3.13. The molecule has 126 valence electrons. The standard InChI is InChI=1S/C20H22FNO2/c21-18-11-9-16(10-12-18)17-6-4-5-13-22(14-17)20(23)15-24-19-7-2-1-3-8-19/h1-3,7-12,17H,4-6,13-15H2. The molecular formula is C20H22FNO2. The van der Waals surface area contributed by atoms with Crippen LogP contribution in [0.15, 0.2) is 54.6 Å². The highest BCUT2D eigenvalue weighted by Gasteiger charge is 2.23. The summed E-state index contributed by atoms with van der Waals surface area (Å²) in [6.45, 7) is 1.48. The van der Waals surface area contributed by atoms with Gasteiger partial charge in [0.2, 0.25) is 0 Å². The molecule has 3 rings (SSSR count). The van der Waals surface area contributed by atoms with E-state index in [-0.39, 0.29) is 24.2 Å². The van der Waals surface area contributed by atoms with Crippen LogP contribution in [-0.2, 0) is 4.79 Å². The van der Waals surface area contributed by atoms with Gasteiger partial charge in [-0.15, -0.1) is 0 Å². The van der Waals surface area contributed by atoms with Gasteiger partial charge in [-0.1, -0.05) is 36.8 Å². The van der Waals surface area contributed by atoms with Gasteiger partial charge in [0.1, 0.15) is 11.6 Å². The molecule has 0 bridgehead atoms. The van der Waals surface area contributed by atoms with E-state index in [1.165, 1.54) is 12.1 Å². The fourth-order valence-corrected chi connectivity index (χ4v) is 3.13. The molecule has 1 saturated heterocycles. The topological polar surface area (TPSA) is 29.5 Å². The van der Waals surface area contributed by atoms with Crippen LogP contribution in [0.2, 0.25) is 0 Å². The van der Waals surface area contributed by atoms with Crippen LogP contribution in [0.25, 0.3) is 0 Å². The van der Waals surface area contributed by atoms with Gasteiger partial charge in [0.25, 0.3) is 5.91 Å². The van der Waals surface area contributed by atoms with Gasteiger partial charge in [-0.25, -0.2) is 4.39 Å². The van der Waals surface area contributed by atoms with Gasteiger partial charge in [0, 0.05) is 19.0 Å². The first kappa shape index (κ1) is 16.5.